The van der Waals surface area contributed by atoms with Gasteiger partial charge in [0.25, 0.3) is 5.91 Å². The van der Waals surface area contributed by atoms with Crippen molar-refractivity contribution in [1.82, 2.24) is 4.90 Å². The van der Waals surface area contributed by atoms with Gasteiger partial charge in [0, 0.05) is 18.5 Å². The van der Waals surface area contributed by atoms with Crippen LogP contribution >= 0.6 is 0 Å². The van der Waals surface area contributed by atoms with E-state index in [2.05, 4.69) is 0 Å². The third kappa shape index (κ3) is 2.30. The Kier molecular flexibility index (Phi) is 3.46. The van der Waals surface area contributed by atoms with Gasteiger partial charge in [-0.2, -0.15) is 0 Å². The van der Waals surface area contributed by atoms with Crippen molar-refractivity contribution in [2.24, 2.45) is 0 Å². The number of ether oxygens (including phenoxy) is 1. The van der Waals surface area contributed by atoms with Gasteiger partial charge in [-0.1, -0.05) is 18.2 Å². The first kappa shape index (κ1) is 13.1. The summed E-state index contributed by atoms with van der Waals surface area (Å²) in [6, 6.07) is 7.47. The van der Waals surface area contributed by atoms with Gasteiger partial charge in [0.15, 0.2) is 0 Å². The first-order chi connectivity index (χ1) is 9.69. The summed E-state index contributed by atoms with van der Waals surface area (Å²) < 4.78 is 11.0. The van der Waals surface area contributed by atoms with E-state index in [0.717, 1.165) is 5.39 Å². The van der Waals surface area contributed by atoms with E-state index in [0.29, 0.717) is 24.2 Å². The van der Waals surface area contributed by atoms with Crippen molar-refractivity contribution in [3.8, 4) is 0 Å². The van der Waals surface area contributed by atoms with Gasteiger partial charge in [0.1, 0.15) is 11.8 Å². The van der Waals surface area contributed by atoms with Crippen molar-refractivity contribution >= 4 is 16.9 Å². The zero-order valence-corrected chi connectivity index (χ0v) is 11.3. The van der Waals surface area contributed by atoms with E-state index in [1.807, 2.05) is 31.2 Å². The predicted molar refractivity (Wildman–Crippen MR) is 73.5 cm³/mol. The molecule has 0 saturated carbocycles. The van der Waals surface area contributed by atoms with Crippen LogP contribution < -0.4 is 0 Å². The molecule has 1 aliphatic rings. The van der Waals surface area contributed by atoms with Gasteiger partial charge in [-0.3, -0.25) is 4.79 Å². The fraction of sp³-hybridized carbons (Fsp3) is 0.400. The number of nitrogens with zero attached hydrogens (tertiary/aromatic N) is 1. The molecule has 0 radical (unpaired) electrons. The quantitative estimate of drug-likeness (QED) is 0.905. The lowest BCUT2D eigenvalue weighted by Crippen LogP contribution is -2.50. The zero-order valence-electron chi connectivity index (χ0n) is 11.3. The van der Waals surface area contributed by atoms with Crippen molar-refractivity contribution in [1.29, 1.82) is 0 Å². The Morgan fingerprint density at radius 3 is 3.00 bits per heavy atom. The summed E-state index contributed by atoms with van der Waals surface area (Å²) >= 11 is 0. The van der Waals surface area contributed by atoms with Crippen molar-refractivity contribution < 1.29 is 19.1 Å². The highest BCUT2D eigenvalue weighted by Gasteiger charge is 2.29. The smallest absolute Gasteiger partial charge is 0.257 e. The Morgan fingerprint density at radius 1 is 1.40 bits per heavy atom. The summed E-state index contributed by atoms with van der Waals surface area (Å²) in [5.74, 6) is -0.0800. The second kappa shape index (κ2) is 5.26. The van der Waals surface area contributed by atoms with Crippen molar-refractivity contribution in [3.63, 3.8) is 0 Å². The van der Waals surface area contributed by atoms with Gasteiger partial charge in [-0.05, 0) is 13.0 Å². The molecule has 1 aliphatic heterocycles. The molecule has 3 rings (SSSR count). The van der Waals surface area contributed by atoms with Gasteiger partial charge in [-0.15, -0.1) is 0 Å². The second-order valence-corrected chi connectivity index (χ2v) is 5.11. The lowest BCUT2D eigenvalue weighted by atomic mass is 10.1. The maximum atomic E-state index is 12.6. The van der Waals surface area contributed by atoms with E-state index in [4.69, 9.17) is 9.15 Å². The summed E-state index contributed by atoms with van der Waals surface area (Å²) in [4.78, 5) is 14.3. The minimum atomic E-state index is -0.319. The molecule has 0 aliphatic carbocycles. The van der Waals surface area contributed by atoms with E-state index in [9.17, 15) is 9.90 Å². The van der Waals surface area contributed by atoms with Gasteiger partial charge in [0.05, 0.1) is 24.4 Å². The van der Waals surface area contributed by atoms with Gasteiger partial charge in [-0.25, -0.2) is 0 Å². The van der Waals surface area contributed by atoms with Crippen LogP contribution in [0.4, 0.5) is 0 Å². The number of fused-ring (bicyclic) bond motifs is 1. The topological polar surface area (TPSA) is 62.9 Å². The average molecular weight is 275 g/mol. The predicted octanol–water partition coefficient (Wildman–Crippen LogP) is 1.65. The van der Waals surface area contributed by atoms with Crippen LogP contribution in [0.3, 0.4) is 0 Å². The lowest BCUT2D eigenvalue weighted by Gasteiger charge is -2.35. The van der Waals surface area contributed by atoms with Crippen LogP contribution in [-0.2, 0) is 4.74 Å². The number of carbonyl (C=O) groups excluding carboxylic acids is 1. The summed E-state index contributed by atoms with van der Waals surface area (Å²) in [6.07, 6.45) is 1.10. The van der Waals surface area contributed by atoms with Crippen molar-refractivity contribution in [3.05, 3.63) is 36.1 Å². The molecule has 1 N–H and O–H groups in total. The van der Waals surface area contributed by atoms with Gasteiger partial charge >= 0.3 is 0 Å². The molecule has 5 heteroatoms. The van der Waals surface area contributed by atoms with Crippen LogP contribution in [0, 0.1) is 0 Å². The largest absolute Gasteiger partial charge is 0.463 e. The Hall–Kier alpha value is -1.85. The lowest BCUT2D eigenvalue weighted by molar-refractivity contribution is -0.0858. The van der Waals surface area contributed by atoms with E-state index in [-0.39, 0.29) is 24.7 Å². The number of rotatable bonds is 2. The maximum absolute atomic E-state index is 12.6. The number of hydrogen-bond acceptors (Lipinski definition) is 4. The Labute approximate surface area is 116 Å². The van der Waals surface area contributed by atoms with Crippen molar-refractivity contribution in [2.45, 2.75) is 19.1 Å². The Balaban J connectivity index is 1.88. The molecular formula is C15H17NO4. The molecular weight excluding hydrogens is 258 g/mol. The van der Waals surface area contributed by atoms with Crippen LogP contribution in [0.1, 0.15) is 17.3 Å². The molecule has 0 spiro atoms. The molecule has 0 bridgehead atoms. The van der Waals surface area contributed by atoms with E-state index in [1.165, 1.54) is 6.26 Å². The average Bonchev–Trinajstić information content (AvgIpc) is 2.89. The molecule has 2 heterocycles. The molecule has 2 atom stereocenters. The molecule has 20 heavy (non-hydrogen) atoms. The number of carbonyl (C=O) groups is 1. The molecule has 1 saturated heterocycles. The van der Waals surface area contributed by atoms with Crippen LogP contribution in [0.2, 0.25) is 0 Å². The summed E-state index contributed by atoms with van der Waals surface area (Å²) in [6.45, 7) is 2.74. The minimum absolute atomic E-state index is 0.0800. The Morgan fingerprint density at radius 2 is 2.20 bits per heavy atom. The minimum Gasteiger partial charge on any atom is -0.463 e. The van der Waals surface area contributed by atoms with Gasteiger partial charge in [0.2, 0.25) is 0 Å². The number of para-hydroxylation sites is 1. The highest BCUT2D eigenvalue weighted by Crippen LogP contribution is 2.23. The highest BCUT2D eigenvalue weighted by atomic mass is 16.5. The van der Waals surface area contributed by atoms with Crippen LogP contribution in [-0.4, -0.2) is 47.8 Å². The summed E-state index contributed by atoms with van der Waals surface area (Å²) in [7, 11) is 0. The molecule has 106 valence electrons. The number of morpholine rings is 1. The molecule has 1 amide bonds. The van der Waals surface area contributed by atoms with Crippen LogP contribution in [0.25, 0.3) is 11.0 Å². The number of furan rings is 1. The fourth-order valence-electron chi connectivity index (χ4n) is 2.63. The number of hydrogen-bond donors (Lipinski definition) is 1. The molecule has 5 nitrogen and oxygen atoms in total. The standard InChI is InChI=1S/C15H17NO4/c1-10-6-16(7-11(8-17)20-10)15(18)13-9-19-14-5-3-2-4-12(13)14/h2-5,9-11,17H,6-8H2,1H3. The highest BCUT2D eigenvalue weighted by molar-refractivity contribution is 6.05. The van der Waals surface area contributed by atoms with Crippen LogP contribution in [0.5, 0.6) is 0 Å². The molecule has 1 fully saturated rings. The molecule has 1 aromatic carbocycles. The number of benzene rings is 1. The molecule has 2 unspecified atom stereocenters. The zero-order chi connectivity index (χ0) is 14.1. The van der Waals surface area contributed by atoms with E-state index < -0.39 is 0 Å². The third-order valence-electron chi connectivity index (χ3n) is 3.53. The SMILES string of the molecule is CC1CN(C(=O)c2coc3ccccc23)CC(CO)O1. The van der Waals surface area contributed by atoms with Crippen molar-refractivity contribution in [2.75, 3.05) is 19.7 Å². The monoisotopic (exact) mass is 275 g/mol. The summed E-state index contributed by atoms with van der Waals surface area (Å²) in [5.41, 5.74) is 1.27. The van der Waals surface area contributed by atoms with E-state index >= 15 is 0 Å². The van der Waals surface area contributed by atoms with Crippen LogP contribution in [0.15, 0.2) is 34.9 Å². The third-order valence-corrected chi connectivity index (χ3v) is 3.53. The molecule has 1 aromatic heterocycles. The summed E-state index contributed by atoms with van der Waals surface area (Å²) in [5, 5.41) is 10.0. The number of aliphatic hydroxyl groups is 1. The maximum Gasteiger partial charge on any atom is 0.257 e. The molecule has 2 aromatic rings. The second-order valence-electron chi connectivity index (χ2n) is 5.11. The Bertz CT molecular complexity index is 621. The number of aliphatic hydroxyl groups excluding tert-OH is 1. The first-order valence-corrected chi connectivity index (χ1v) is 6.71. The van der Waals surface area contributed by atoms with Gasteiger partial charge < -0.3 is 19.2 Å². The van der Waals surface area contributed by atoms with E-state index in [1.54, 1.807) is 4.90 Å². The number of amides is 1. The fourth-order valence-corrected chi connectivity index (χ4v) is 2.63. The first-order valence-electron chi connectivity index (χ1n) is 6.71. The normalized spacial score (nSPS) is 23.2.